The van der Waals surface area contributed by atoms with Crippen LogP contribution in [0.2, 0.25) is 0 Å². The van der Waals surface area contributed by atoms with Crippen LogP contribution in [0.4, 0.5) is 0 Å². The van der Waals surface area contributed by atoms with E-state index >= 15 is 0 Å². The summed E-state index contributed by atoms with van der Waals surface area (Å²) in [6.45, 7) is 5.17. The molecule has 0 aliphatic heterocycles. The highest BCUT2D eigenvalue weighted by Gasteiger charge is 2.23. The maximum atomic E-state index is 11.9. The molecule has 3 N–H and O–H groups in total. The Kier molecular flexibility index (Phi) is 7.28. The van der Waals surface area contributed by atoms with Crippen molar-refractivity contribution in [3.05, 3.63) is 0 Å². The van der Waals surface area contributed by atoms with Crippen LogP contribution < -0.4 is 11.1 Å². The van der Waals surface area contributed by atoms with Crippen molar-refractivity contribution in [2.75, 3.05) is 13.2 Å². The zero-order chi connectivity index (χ0) is 13.4. The average molecular weight is 256 g/mol. The van der Waals surface area contributed by atoms with E-state index in [9.17, 15) is 4.79 Å². The highest BCUT2D eigenvalue weighted by Crippen LogP contribution is 2.26. The lowest BCUT2D eigenvalue weighted by Crippen LogP contribution is -2.41. The summed E-state index contributed by atoms with van der Waals surface area (Å²) in [5, 5.41) is 3.13. The van der Waals surface area contributed by atoms with E-state index in [1.807, 2.05) is 6.92 Å². The standard InChI is InChI=1S/C14H28N2O2/c1-3-11-6-5-7-12(8-11)16-14(17)9-13(10-15)18-4-2/h11-13H,3-10,15H2,1-2H3,(H,16,17). The molecular weight excluding hydrogens is 228 g/mol. The fourth-order valence-corrected chi connectivity index (χ4v) is 2.73. The quantitative estimate of drug-likeness (QED) is 0.730. The van der Waals surface area contributed by atoms with Crippen LogP contribution in [0.15, 0.2) is 0 Å². The zero-order valence-corrected chi connectivity index (χ0v) is 11.8. The van der Waals surface area contributed by atoms with Crippen LogP contribution in [-0.4, -0.2) is 31.2 Å². The van der Waals surface area contributed by atoms with E-state index in [-0.39, 0.29) is 12.0 Å². The van der Waals surface area contributed by atoms with Crippen molar-refractivity contribution < 1.29 is 9.53 Å². The summed E-state index contributed by atoms with van der Waals surface area (Å²) in [6.07, 6.45) is 6.26. The SMILES string of the molecule is CCOC(CN)CC(=O)NC1CCCC(CC)C1. The van der Waals surface area contributed by atoms with Crippen molar-refractivity contribution in [1.29, 1.82) is 0 Å². The number of ether oxygens (including phenoxy) is 1. The molecule has 0 spiro atoms. The zero-order valence-electron chi connectivity index (χ0n) is 11.8. The lowest BCUT2D eigenvalue weighted by molar-refractivity contribution is -0.124. The van der Waals surface area contributed by atoms with E-state index in [1.54, 1.807) is 0 Å². The summed E-state index contributed by atoms with van der Waals surface area (Å²) < 4.78 is 5.41. The molecule has 3 unspecified atom stereocenters. The topological polar surface area (TPSA) is 64.3 Å². The second-order valence-corrected chi connectivity index (χ2v) is 5.22. The molecular formula is C14H28N2O2. The van der Waals surface area contributed by atoms with Gasteiger partial charge in [0, 0.05) is 19.2 Å². The highest BCUT2D eigenvalue weighted by molar-refractivity contribution is 5.76. The normalized spacial score (nSPS) is 25.7. The van der Waals surface area contributed by atoms with E-state index in [2.05, 4.69) is 12.2 Å². The Labute approximate surface area is 111 Å². The Balaban J connectivity index is 2.30. The first-order valence-corrected chi connectivity index (χ1v) is 7.30. The summed E-state index contributed by atoms with van der Waals surface area (Å²) in [5.74, 6) is 0.863. The molecule has 1 amide bonds. The number of carbonyl (C=O) groups is 1. The fourth-order valence-electron chi connectivity index (χ4n) is 2.73. The smallest absolute Gasteiger partial charge is 0.222 e. The van der Waals surface area contributed by atoms with Gasteiger partial charge in [0.25, 0.3) is 0 Å². The molecule has 1 aliphatic rings. The Morgan fingerprint density at radius 2 is 2.22 bits per heavy atom. The van der Waals surface area contributed by atoms with Gasteiger partial charge in [0.1, 0.15) is 0 Å². The second kappa shape index (κ2) is 8.48. The van der Waals surface area contributed by atoms with Gasteiger partial charge >= 0.3 is 0 Å². The summed E-state index contributed by atoms with van der Waals surface area (Å²) >= 11 is 0. The van der Waals surface area contributed by atoms with Crippen molar-refractivity contribution in [2.45, 2.75) is 64.5 Å². The number of amides is 1. The third-order valence-electron chi connectivity index (χ3n) is 3.80. The van der Waals surface area contributed by atoms with Gasteiger partial charge in [0.2, 0.25) is 5.91 Å². The van der Waals surface area contributed by atoms with Crippen LogP contribution in [0.1, 0.15) is 52.4 Å². The van der Waals surface area contributed by atoms with Gasteiger partial charge in [0.05, 0.1) is 12.5 Å². The molecule has 0 radical (unpaired) electrons. The van der Waals surface area contributed by atoms with Crippen molar-refractivity contribution in [1.82, 2.24) is 5.32 Å². The van der Waals surface area contributed by atoms with Gasteiger partial charge in [-0.1, -0.05) is 26.2 Å². The van der Waals surface area contributed by atoms with E-state index < -0.39 is 0 Å². The highest BCUT2D eigenvalue weighted by atomic mass is 16.5. The minimum Gasteiger partial charge on any atom is -0.377 e. The Morgan fingerprint density at radius 3 is 2.83 bits per heavy atom. The molecule has 0 saturated heterocycles. The lowest BCUT2D eigenvalue weighted by atomic mass is 9.84. The largest absolute Gasteiger partial charge is 0.377 e. The third kappa shape index (κ3) is 5.36. The second-order valence-electron chi connectivity index (χ2n) is 5.22. The average Bonchev–Trinajstić information content (AvgIpc) is 2.38. The lowest BCUT2D eigenvalue weighted by Gasteiger charge is -2.29. The van der Waals surface area contributed by atoms with Gasteiger partial charge < -0.3 is 15.8 Å². The maximum absolute atomic E-state index is 11.9. The molecule has 3 atom stereocenters. The molecule has 106 valence electrons. The molecule has 0 aromatic carbocycles. The Morgan fingerprint density at radius 1 is 1.44 bits per heavy atom. The number of hydrogen-bond acceptors (Lipinski definition) is 3. The maximum Gasteiger partial charge on any atom is 0.222 e. The van der Waals surface area contributed by atoms with Crippen molar-refractivity contribution in [3.8, 4) is 0 Å². The molecule has 1 saturated carbocycles. The number of rotatable bonds is 7. The monoisotopic (exact) mass is 256 g/mol. The van der Waals surface area contributed by atoms with Crippen LogP contribution >= 0.6 is 0 Å². The predicted octanol–water partition coefficient (Wildman–Crippen LogP) is 1.83. The van der Waals surface area contributed by atoms with Crippen molar-refractivity contribution in [3.63, 3.8) is 0 Å². The van der Waals surface area contributed by atoms with E-state index in [4.69, 9.17) is 10.5 Å². The molecule has 0 heterocycles. The van der Waals surface area contributed by atoms with Crippen molar-refractivity contribution in [2.24, 2.45) is 11.7 Å². The summed E-state index contributed by atoms with van der Waals surface area (Å²) in [6, 6.07) is 0.358. The van der Waals surface area contributed by atoms with Gasteiger partial charge in [-0.05, 0) is 25.7 Å². The minimum absolute atomic E-state index is 0.0839. The van der Waals surface area contributed by atoms with E-state index in [0.717, 1.165) is 18.8 Å². The molecule has 1 aliphatic carbocycles. The molecule has 0 aromatic heterocycles. The van der Waals surface area contributed by atoms with E-state index in [1.165, 1.54) is 19.3 Å². The molecule has 4 nitrogen and oxygen atoms in total. The summed E-state index contributed by atoms with van der Waals surface area (Å²) in [7, 11) is 0. The minimum atomic E-state index is -0.138. The van der Waals surface area contributed by atoms with Gasteiger partial charge in [0.15, 0.2) is 0 Å². The fraction of sp³-hybridized carbons (Fsp3) is 0.929. The Hall–Kier alpha value is -0.610. The predicted molar refractivity (Wildman–Crippen MR) is 73.3 cm³/mol. The van der Waals surface area contributed by atoms with Crippen molar-refractivity contribution >= 4 is 5.91 Å². The van der Waals surface area contributed by atoms with Crippen LogP contribution in [-0.2, 0) is 9.53 Å². The van der Waals surface area contributed by atoms with Crippen LogP contribution in [0, 0.1) is 5.92 Å². The molecule has 4 heteroatoms. The number of nitrogens with two attached hydrogens (primary N) is 1. The number of nitrogens with one attached hydrogen (secondary N) is 1. The molecule has 1 rings (SSSR count). The summed E-state index contributed by atoms with van der Waals surface area (Å²) in [5.41, 5.74) is 5.58. The Bertz CT molecular complexity index is 246. The first-order chi connectivity index (χ1) is 8.69. The van der Waals surface area contributed by atoms with Crippen LogP contribution in [0.5, 0.6) is 0 Å². The molecule has 0 aromatic rings. The van der Waals surface area contributed by atoms with Gasteiger partial charge in [-0.2, -0.15) is 0 Å². The van der Waals surface area contributed by atoms with E-state index in [0.29, 0.717) is 25.6 Å². The molecule has 0 bridgehead atoms. The van der Waals surface area contributed by atoms with Gasteiger partial charge in [-0.15, -0.1) is 0 Å². The van der Waals surface area contributed by atoms with Gasteiger partial charge in [-0.3, -0.25) is 4.79 Å². The summed E-state index contributed by atoms with van der Waals surface area (Å²) in [4.78, 5) is 11.9. The van der Waals surface area contributed by atoms with Crippen LogP contribution in [0.3, 0.4) is 0 Å². The molecule has 1 fully saturated rings. The first-order valence-electron chi connectivity index (χ1n) is 7.30. The number of hydrogen-bond donors (Lipinski definition) is 2. The van der Waals surface area contributed by atoms with Crippen LogP contribution in [0.25, 0.3) is 0 Å². The molecule has 18 heavy (non-hydrogen) atoms. The first kappa shape index (κ1) is 15.4. The third-order valence-corrected chi connectivity index (χ3v) is 3.80. The number of carbonyl (C=O) groups excluding carboxylic acids is 1. The van der Waals surface area contributed by atoms with Gasteiger partial charge in [-0.25, -0.2) is 0 Å².